The minimum Gasteiger partial charge on any atom is -0.334 e. The maximum atomic E-state index is 5.25. The molecule has 3 rings (SSSR count). The van der Waals surface area contributed by atoms with Gasteiger partial charge in [0.05, 0.1) is 5.56 Å². The average Bonchev–Trinajstić information content (AvgIpc) is 2.97. The smallest absolute Gasteiger partial charge is 0.260 e. The molecule has 86 valence electrons. The lowest BCUT2D eigenvalue weighted by Crippen LogP contribution is -1.89. The highest BCUT2D eigenvalue weighted by Gasteiger charge is 2.15. The first-order valence-electron chi connectivity index (χ1n) is 5.39. The van der Waals surface area contributed by atoms with Gasteiger partial charge in [-0.2, -0.15) is 20.4 Å². The molecule has 0 atom stereocenters. The van der Waals surface area contributed by atoms with E-state index >= 15 is 0 Å². The van der Waals surface area contributed by atoms with Crippen LogP contribution in [0.25, 0.3) is 22.5 Å². The number of para-hydroxylation sites is 1. The molecule has 0 aliphatic heterocycles. The fourth-order valence-corrected chi connectivity index (χ4v) is 1.62. The fraction of sp³-hybridized carbons (Fsp3) is 0.273. The van der Waals surface area contributed by atoms with E-state index in [1.807, 2.05) is 32.0 Å². The minimum atomic E-state index is 0.240. The van der Waals surface area contributed by atoms with Crippen molar-refractivity contribution in [2.24, 2.45) is 0 Å². The highest BCUT2D eigenvalue weighted by molar-refractivity contribution is 5.88. The maximum absolute atomic E-state index is 5.25. The lowest BCUT2D eigenvalue weighted by Gasteiger charge is -1.94. The van der Waals surface area contributed by atoms with Crippen LogP contribution in [0.5, 0.6) is 0 Å². The molecule has 1 aromatic carbocycles. The van der Waals surface area contributed by atoms with E-state index in [0.717, 1.165) is 16.6 Å². The van der Waals surface area contributed by atoms with Gasteiger partial charge in [0.25, 0.3) is 5.89 Å². The molecule has 6 nitrogen and oxygen atoms in total. The number of fused-ring (bicyclic) bond motifs is 1. The molecule has 1 N–H and O–H groups in total. The molecule has 0 aliphatic carbocycles. The van der Waals surface area contributed by atoms with E-state index in [-0.39, 0.29) is 5.92 Å². The van der Waals surface area contributed by atoms with Crippen LogP contribution in [-0.2, 0) is 0 Å². The lowest BCUT2D eigenvalue weighted by molar-refractivity contribution is 0.419. The van der Waals surface area contributed by atoms with Crippen LogP contribution in [0.15, 0.2) is 22.7 Å². The third-order valence-electron chi connectivity index (χ3n) is 2.54. The Labute approximate surface area is 97.0 Å². The number of aromatic amines is 1. The zero-order chi connectivity index (χ0) is 11.8. The number of aromatic nitrogens is 5. The van der Waals surface area contributed by atoms with E-state index in [4.69, 9.17) is 4.52 Å². The van der Waals surface area contributed by atoms with Gasteiger partial charge in [0.1, 0.15) is 11.0 Å². The van der Waals surface area contributed by atoms with Crippen molar-refractivity contribution >= 4 is 11.0 Å². The molecule has 2 aromatic heterocycles. The summed E-state index contributed by atoms with van der Waals surface area (Å²) in [6, 6.07) is 5.66. The molecule has 6 heteroatoms. The molecular formula is C11H11N5O. The van der Waals surface area contributed by atoms with Crippen molar-refractivity contribution < 1.29 is 4.52 Å². The highest BCUT2D eigenvalue weighted by Crippen LogP contribution is 2.25. The summed E-state index contributed by atoms with van der Waals surface area (Å²) >= 11 is 0. The van der Waals surface area contributed by atoms with Gasteiger partial charge in [-0.25, -0.2) is 0 Å². The molecule has 0 radical (unpaired) electrons. The SMILES string of the molecule is CC(C)c1noc(-c2cccc3n[nH]nc23)n1. The van der Waals surface area contributed by atoms with Crippen molar-refractivity contribution in [3.63, 3.8) is 0 Å². The zero-order valence-electron chi connectivity index (χ0n) is 9.51. The Balaban J connectivity index is 2.16. The highest BCUT2D eigenvalue weighted by atomic mass is 16.5. The van der Waals surface area contributed by atoms with Crippen molar-refractivity contribution in [1.82, 2.24) is 25.6 Å². The number of H-pyrrole nitrogens is 1. The quantitative estimate of drug-likeness (QED) is 0.728. The maximum Gasteiger partial charge on any atom is 0.260 e. The summed E-state index contributed by atoms with van der Waals surface area (Å²) in [7, 11) is 0. The monoisotopic (exact) mass is 229 g/mol. The summed E-state index contributed by atoms with van der Waals surface area (Å²) in [5.74, 6) is 1.41. The normalized spacial score (nSPS) is 11.5. The topological polar surface area (TPSA) is 80.5 Å². The van der Waals surface area contributed by atoms with Gasteiger partial charge in [0.2, 0.25) is 0 Å². The number of hydrogen-bond acceptors (Lipinski definition) is 5. The summed E-state index contributed by atoms with van der Waals surface area (Å²) in [4.78, 5) is 4.35. The van der Waals surface area contributed by atoms with E-state index in [0.29, 0.717) is 11.7 Å². The molecule has 0 amide bonds. The van der Waals surface area contributed by atoms with E-state index in [9.17, 15) is 0 Å². The first-order chi connectivity index (χ1) is 8.25. The Morgan fingerprint density at radius 1 is 1.24 bits per heavy atom. The van der Waals surface area contributed by atoms with Crippen LogP contribution in [0.4, 0.5) is 0 Å². The fourth-order valence-electron chi connectivity index (χ4n) is 1.62. The second-order valence-electron chi connectivity index (χ2n) is 4.11. The van der Waals surface area contributed by atoms with Crippen LogP contribution in [0, 0.1) is 0 Å². The summed E-state index contributed by atoms with van der Waals surface area (Å²) in [5.41, 5.74) is 2.33. The molecule has 0 saturated carbocycles. The van der Waals surface area contributed by atoms with Gasteiger partial charge in [-0.3, -0.25) is 0 Å². The van der Waals surface area contributed by atoms with Crippen molar-refractivity contribution in [3.05, 3.63) is 24.0 Å². The molecule has 0 aliphatic rings. The second kappa shape index (κ2) is 3.65. The molecule has 0 spiro atoms. The van der Waals surface area contributed by atoms with Gasteiger partial charge in [0, 0.05) is 5.92 Å². The Morgan fingerprint density at radius 2 is 2.12 bits per heavy atom. The Bertz CT molecular complexity index is 654. The number of nitrogens with zero attached hydrogens (tertiary/aromatic N) is 4. The van der Waals surface area contributed by atoms with Crippen molar-refractivity contribution in [3.8, 4) is 11.5 Å². The molecule has 0 bridgehead atoms. The first-order valence-corrected chi connectivity index (χ1v) is 5.39. The minimum absolute atomic E-state index is 0.240. The second-order valence-corrected chi connectivity index (χ2v) is 4.11. The van der Waals surface area contributed by atoms with Crippen molar-refractivity contribution in [2.45, 2.75) is 19.8 Å². The predicted molar refractivity (Wildman–Crippen MR) is 61.3 cm³/mol. The van der Waals surface area contributed by atoms with E-state index in [1.165, 1.54) is 0 Å². The Hall–Kier alpha value is -2.24. The van der Waals surface area contributed by atoms with Gasteiger partial charge in [-0.15, -0.1) is 0 Å². The summed E-state index contributed by atoms with van der Waals surface area (Å²) in [6.45, 7) is 4.04. The van der Waals surface area contributed by atoms with Gasteiger partial charge in [0.15, 0.2) is 5.82 Å². The number of rotatable bonds is 2. The average molecular weight is 229 g/mol. The molecule has 2 heterocycles. The lowest BCUT2D eigenvalue weighted by atomic mass is 10.2. The van der Waals surface area contributed by atoms with Crippen LogP contribution in [-0.4, -0.2) is 25.6 Å². The third-order valence-corrected chi connectivity index (χ3v) is 2.54. The third kappa shape index (κ3) is 1.57. The van der Waals surface area contributed by atoms with Crippen molar-refractivity contribution in [1.29, 1.82) is 0 Å². The van der Waals surface area contributed by atoms with Crippen LogP contribution in [0.3, 0.4) is 0 Å². The number of benzene rings is 1. The predicted octanol–water partition coefficient (Wildman–Crippen LogP) is 2.13. The standard InChI is InChI=1S/C11H11N5O/c1-6(2)10-12-11(17-15-10)7-4-3-5-8-9(7)14-16-13-8/h3-6H,1-2H3,(H,13,14,16). The Kier molecular flexibility index (Phi) is 2.14. The zero-order valence-corrected chi connectivity index (χ0v) is 9.51. The number of nitrogens with one attached hydrogen (secondary N) is 1. The van der Waals surface area contributed by atoms with Crippen LogP contribution >= 0.6 is 0 Å². The van der Waals surface area contributed by atoms with Crippen LogP contribution in [0.1, 0.15) is 25.6 Å². The van der Waals surface area contributed by atoms with Gasteiger partial charge >= 0.3 is 0 Å². The van der Waals surface area contributed by atoms with E-state index in [2.05, 4.69) is 25.6 Å². The number of hydrogen-bond donors (Lipinski definition) is 1. The van der Waals surface area contributed by atoms with Crippen molar-refractivity contribution in [2.75, 3.05) is 0 Å². The van der Waals surface area contributed by atoms with Crippen LogP contribution < -0.4 is 0 Å². The van der Waals surface area contributed by atoms with Gasteiger partial charge < -0.3 is 4.52 Å². The Morgan fingerprint density at radius 3 is 2.88 bits per heavy atom. The van der Waals surface area contributed by atoms with Gasteiger partial charge in [-0.05, 0) is 12.1 Å². The summed E-state index contributed by atoms with van der Waals surface area (Å²) < 4.78 is 5.25. The molecule has 0 unspecified atom stereocenters. The van der Waals surface area contributed by atoms with E-state index < -0.39 is 0 Å². The molecule has 3 aromatic rings. The summed E-state index contributed by atoms with van der Waals surface area (Å²) in [6.07, 6.45) is 0. The summed E-state index contributed by atoms with van der Waals surface area (Å²) in [5, 5.41) is 14.6. The van der Waals surface area contributed by atoms with E-state index in [1.54, 1.807) is 0 Å². The van der Waals surface area contributed by atoms with Gasteiger partial charge in [-0.1, -0.05) is 25.1 Å². The molecule has 0 fully saturated rings. The largest absolute Gasteiger partial charge is 0.334 e. The first kappa shape index (κ1) is 9.95. The molecular weight excluding hydrogens is 218 g/mol. The van der Waals surface area contributed by atoms with Crippen LogP contribution in [0.2, 0.25) is 0 Å². The molecule has 17 heavy (non-hydrogen) atoms. The molecule has 0 saturated heterocycles.